The Morgan fingerprint density at radius 2 is 1.43 bits per heavy atom. The van der Waals surface area contributed by atoms with Gasteiger partial charge in [0.1, 0.15) is 60.1 Å². The molecule has 2 saturated heterocycles. The van der Waals surface area contributed by atoms with Gasteiger partial charge in [-0.3, -0.25) is 37.0 Å². The SMILES string of the molecule is COC1C(OP(=O)(O)OCC2OC(n3cnc4c(=O)[nH]c(N)nc43)C(O)C2O)C(COP(=O)(O)OP(=O)(O)OP(=O)(O)OCCc2sc[n+](Cc3cnc(C)nc3N)c2C)OC1n1cnc2c(N)ncnc21. The number of thiazole rings is 1. The van der Waals surface area contributed by atoms with Gasteiger partial charge >= 0.3 is 31.3 Å². The molecule has 0 aromatic carbocycles. The molecule has 0 bridgehead atoms. The fourth-order valence-electron chi connectivity index (χ4n) is 7.49. The minimum atomic E-state index is -6.00. The minimum Gasteiger partial charge on any atom is -0.387 e. The smallest absolute Gasteiger partial charge is 0.387 e. The van der Waals surface area contributed by atoms with Crippen molar-refractivity contribution < 1.29 is 93.5 Å². The van der Waals surface area contributed by atoms with Crippen molar-refractivity contribution in [1.82, 2.24) is 49.0 Å². The molecule has 13 N–H and O–H groups in total. The Bertz CT molecular complexity index is 3240. The summed E-state index contributed by atoms with van der Waals surface area (Å²) in [5.74, 6) is 0.433. The number of aryl methyl sites for hydroxylation is 1. The standard InChI is InChI=1S/C33H44N14O20P4S/c1-14-19(72-13-45(14)7-16-6-37-15(2)42-26(16)34)4-5-60-69(53,54)66-71(57,58)67-70(55,56)62-9-18-24(25(59-3)32(64-18)46-11-40-20-27(35)38-10-39-28(20)46)65-68(51,52)61-8-17-22(48)23(49)31(63-17)47-12-41-21-29(47)43-33(36)44-30(21)50/h6,10-13,17-18,22-25,31-32,48-49H,4-5,7-9H2,1-3H3,(H10-,34,35,36,37,38,39,42,43,44,50,51,52,53,54,55,56,57,58)/p+1. The molecule has 0 radical (unpaired) electrons. The van der Waals surface area contributed by atoms with Gasteiger partial charge < -0.3 is 61.2 Å². The summed E-state index contributed by atoms with van der Waals surface area (Å²) in [6.45, 7) is 1.09. The number of fused-ring (bicyclic) bond motifs is 2. The van der Waals surface area contributed by atoms with Crippen LogP contribution in [0.15, 0.2) is 35.5 Å². The Hall–Kier alpha value is -4.67. The van der Waals surface area contributed by atoms with E-state index in [1.54, 1.807) is 25.6 Å². The molecular formula is C33H45N14O20P4S+. The van der Waals surface area contributed by atoms with Crippen molar-refractivity contribution >= 4 is 82.5 Å². The Kier molecular flexibility index (Phi) is 15.6. The molecule has 0 aliphatic carbocycles. The molecule has 72 heavy (non-hydrogen) atoms. The number of imidazole rings is 2. The third-order valence-electron chi connectivity index (χ3n) is 10.9. The van der Waals surface area contributed by atoms with E-state index < -0.39 is 106 Å². The zero-order chi connectivity index (χ0) is 52.1. The number of aliphatic hydroxyl groups excluding tert-OH is 2. The monoisotopic (exact) mass is 1110 g/mol. The second-order valence-corrected chi connectivity index (χ2v) is 22.6. The molecule has 392 valence electrons. The highest BCUT2D eigenvalue weighted by Gasteiger charge is 2.53. The molecule has 12 atom stereocenters. The summed E-state index contributed by atoms with van der Waals surface area (Å²) in [7, 11) is -21.6. The predicted molar refractivity (Wildman–Crippen MR) is 240 cm³/mol. The molecular weight excluding hydrogens is 1070 g/mol. The number of aliphatic hydroxyl groups is 2. The molecule has 2 aliphatic rings. The number of phosphoric ester groups is 3. The molecule has 6 aromatic rings. The number of anilines is 3. The fourth-order valence-corrected chi connectivity index (χ4v) is 12.9. The lowest BCUT2D eigenvalue weighted by molar-refractivity contribution is -0.689. The number of hydrogen-bond donors (Lipinski definition) is 10. The number of nitrogens with zero attached hydrogens (tertiary/aromatic N) is 10. The zero-order valence-electron chi connectivity index (χ0n) is 37.3. The first-order chi connectivity index (χ1) is 33.8. The molecule has 34 nitrogen and oxygen atoms in total. The van der Waals surface area contributed by atoms with Gasteiger partial charge in [0.05, 0.1) is 42.9 Å². The summed E-state index contributed by atoms with van der Waals surface area (Å²) in [6, 6.07) is 0. The largest absolute Gasteiger partial charge is 0.490 e. The minimum absolute atomic E-state index is 0.00667. The molecule has 8 rings (SSSR count). The van der Waals surface area contributed by atoms with Gasteiger partial charge in [0.25, 0.3) is 5.56 Å². The summed E-state index contributed by atoms with van der Waals surface area (Å²) in [6.07, 6.45) is -8.12. The van der Waals surface area contributed by atoms with Crippen LogP contribution in [0.4, 0.5) is 17.6 Å². The summed E-state index contributed by atoms with van der Waals surface area (Å²) >= 11 is 1.26. The third kappa shape index (κ3) is 11.8. The maximum Gasteiger partial charge on any atom is 0.490 e. The van der Waals surface area contributed by atoms with Gasteiger partial charge in [0, 0.05) is 26.7 Å². The number of aromatic amines is 1. The Balaban J connectivity index is 0.919. The molecule has 12 unspecified atom stereocenters. The zero-order valence-corrected chi connectivity index (χ0v) is 41.7. The molecule has 8 heterocycles. The van der Waals surface area contributed by atoms with Crippen molar-refractivity contribution in [2.45, 2.75) is 75.9 Å². The van der Waals surface area contributed by atoms with Gasteiger partial charge in [0.15, 0.2) is 47.3 Å². The maximum atomic E-state index is 13.7. The van der Waals surface area contributed by atoms with Crippen LogP contribution in [0.3, 0.4) is 0 Å². The van der Waals surface area contributed by atoms with Gasteiger partial charge in [-0.15, -0.1) is 0 Å². The molecule has 2 aliphatic heterocycles. The van der Waals surface area contributed by atoms with E-state index in [0.717, 1.165) is 30.0 Å². The van der Waals surface area contributed by atoms with E-state index in [4.69, 9.17) is 49.5 Å². The molecule has 6 aromatic heterocycles. The quantitative estimate of drug-likeness (QED) is 0.0310. The second-order valence-electron chi connectivity index (χ2n) is 15.6. The van der Waals surface area contributed by atoms with E-state index in [9.17, 15) is 52.8 Å². The number of aromatic nitrogens is 11. The normalized spacial score (nSPS) is 25.9. The van der Waals surface area contributed by atoms with E-state index >= 15 is 0 Å². The number of rotatable bonds is 21. The highest BCUT2D eigenvalue weighted by Crippen LogP contribution is 2.68. The van der Waals surface area contributed by atoms with Crippen molar-refractivity contribution in [2.24, 2.45) is 0 Å². The molecule has 2 fully saturated rings. The van der Waals surface area contributed by atoms with E-state index in [2.05, 4.69) is 48.5 Å². The predicted octanol–water partition coefficient (Wildman–Crippen LogP) is -0.846. The lowest BCUT2D eigenvalue weighted by atomic mass is 10.1. The van der Waals surface area contributed by atoms with Crippen LogP contribution >= 0.6 is 42.6 Å². The number of nitrogens with one attached hydrogen (secondary N) is 1. The number of methoxy groups -OCH3 is 1. The second kappa shape index (κ2) is 20.9. The molecule has 0 amide bonds. The third-order valence-corrected chi connectivity index (χ3v) is 17.3. The maximum absolute atomic E-state index is 13.7. The first kappa shape index (κ1) is 53.6. The van der Waals surface area contributed by atoms with Gasteiger partial charge in [-0.25, -0.2) is 48.2 Å². The van der Waals surface area contributed by atoms with Crippen LogP contribution in [0.25, 0.3) is 22.3 Å². The van der Waals surface area contributed by atoms with Crippen molar-refractivity contribution in [3.8, 4) is 0 Å². The van der Waals surface area contributed by atoms with Crippen molar-refractivity contribution in [2.75, 3.05) is 44.1 Å². The van der Waals surface area contributed by atoms with Crippen LogP contribution in [-0.4, -0.2) is 142 Å². The average molecular weight is 1110 g/mol. The number of H-pyrrole nitrogens is 1. The number of ether oxygens (including phenoxy) is 3. The van der Waals surface area contributed by atoms with Crippen molar-refractivity contribution in [1.29, 1.82) is 0 Å². The average Bonchev–Trinajstić information content (AvgIpc) is 4.11. The van der Waals surface area contributed by atoms with Crippen LogP contribution in [-0.2, 0) is 72.2 Å². The van der Waals surface area contributed by atoms with Crippen LogP contribution in [0.2, 0.25) is 0 Å². The number of nitrogens with two attached hydrogens (primary N) is 3. The fraction of sp³-hybridized carbons (Fsp3) is 0.485. The highest BCUT2D eigenvalue weighted by molar-refractivity contribution is 7.66. The van der Waals surface area contributed by atoms with E-state index in [1.807, 2.05) is 4.57 Å². The first-order valence-corrected chi connectivity index (χ1v) is 27.5. The van der Waals surface area contributed by atoms with Crippen LogP contribution in [0.5, 0.6) is 0 Å². The Labute approximate surface area is 407 Å². The summed E-state index contributed by atoms with van der Waals surface area (Å²) in [5, 5.41) is 21.7. The van der Waals surface area contributed by atoms with Crippen LogP contribution < -0.4 is 27.3 Å². The van der Waals surface area contributed by atoms with Gasteiger partial charge in [-0.05, 0) is 6.92 Å². The lowest BCUT2D eigenvalue weighted by Crippen LogP contribution is -2.38. The topological polar surface area (TPSA) is 488 Å². The van der Waals surface area contributed by atoms with Crippen molar-refractivity contribution in [3.63, 3.8) is 0 Å². The number of phosphoric acid groups is 4. The van der Waals surface area contributed by atoms with Gasteiger partial charge in [0.2, 0.25) is 11.5 Å². The Morgan fingerprint density at radius 3 is 2.14 bits per heavy atom. The van der Waals surface area contributed by atoms with E-state index in [-0.39, 0.29) is 40.5 Å². The van der Waals surface area contributed by atoms with Crippen molar-refractivity contribution in [3.05, 3.63) is 63.0 Å². The first-order valence-electron chi connectivity index (χ1n) is 20.6. The number of nitrogen functional groups attached to an aromatic ring is 3. The highest BCUT2D eigenvalue weighted by atomic mass is 32.1. The van der Waals surface area contributed by atoms with E-state index in [0.29, 0.717) is 28.6 Å². The van der Waals surface area contributed by atoms with E-state index in [1.165, 1.54) is 22.2 Å². The summed E-state index contributed by atoms with van der Waals surface area (Å²) in [5.41, 5.74) is 19.8. The summed E-state index contributed by atoms with van der Waals surface area (Å²) < 4.78 is 103. The Morgan fingerprint density at radius 1 is 0.778 bits per heavy atom. The van der Waals surface area contributed by atoms with Gasteiger partial charge in [-0.2, -0.15) is 18.2 Å². The number of hydrogen-bond acceptors (Lipinski definition) is 27. The summed E-state index contributed by atoms with van der Waals surface area (Å²) in [4.78, 5) is 85.8. The van der Waals surface area contributed by atoms with Crippen LogP contribution in [0, 0.1) is 13.8 Å². The molecule has 0 saturated carbocycles. The molecule has 0 spiro atoms. The lowest BCUT2D eigenvalue weighted by Gasteiger charge is -2.26. The molecule has 39 heteroatoms. The van der Waals surface area contributed by atoms with Crippen LogP contribution in [0.1, 0.15) is 34.4 Å². The van der Waals surface area contributed by atoms with Gasteiger partial charge in [-0.1, -0.05) is 11.3 Å².